The number of rotatable bonds is 3. The summed E-state index contributed by atoms with van der Waals surface area (Å²) in [6, 6.07) is 8.32. The van der Waals surface area contributed by atoms with Crippen LogP contribution in [0.2, 0.25) is 0 Å². The largest absolute Gasteiger partial charge is 0.485 e. The van der Waals surface area contributed by atoms with Crippen LogP contribution in [0.5, 0.6) is 5.75 Å². The number of carbonyl (C=O) groups excluding carboxylic acids is 2. The zero-order valence-corrected chi connectivity index (χ0v) is 16.2. The van der Waals surface area contributed by atoms with E-state index in [4.69, 9.17) is 4.74 Å². The number of carbonyl (C=O) groups is 2. The van der Waals surface area contributed by atoms with E-state index in [1.807, 2.05) is 42.0 Å². The lowest BCUT2D eigenvalue weighted by molar-refractivity contribution is -0.135. The summed E-state index contributed by atoms with van der Waals surface area (Å²) in [7, 11) is 1.88. The van der Waals surface area contributed by atoms with E-state index in [0.29, 0.717) is 19.5 Å². The van der Waals surface area contributed by atoms with Gasteiger partial charge in [0.2, 0.25) is 11.8 Å². The molecule has 26 heavy (non-hydrogen) atoms. The van der Waals surface area contributed by atoms with Crippen LogP contribution in [0.4, 0.5) is 0 Å². The molecular weight excluding hydrogens is 328 g/mol. The standard InChI is InChI=1S/C21H30N2O3/c1-4-7-20(25)23-14-17-8-5-6-9-19(17)26-21(15-23)12-10-18(11-13-21)22(3)16(2)24/h5-6,8-9,18H,4,7,10-15H2,1-3H3. The van der Waals surface area contributed by atoms with E-state index in [0.717, 1.165) is 43.4 Å². The van der Waals surface area contributed by atoms with Gasteiger partial charge in [0, 0.05) is 38.5 Å². The highest BCUT2D eigenvalue weighted by molar-refractivity contribution is 5.76. The predicted octanol–water partition coefficient (Wildman–Crippen LogP) is 3.37. The molecular formula is C21H30N2O3. The molecule has 1 aliphatic heterocycles. The van der Waals surface area contributed by atoms with Gasteiger partial charge in [0.25, 0.3) is 0 Å². The number of fused-ring (bicyclic) bond motifs is 1. The van der Waals surface area contributed by atoms with E-state index in [9.17, 15) is 9.59 Å². The molecule has 1 aromatic rings. The number of nitrogens with zero attached hydrogens (tertiary/aromatic N) is 2. The highest BCUT2D eigenvalue weighted by Crippen LogP contribution is 2.39. The molecule has 3 rings (SSSR count). The highest BCUT2D eigenvalue weighted by atomic mass is 16.5. The molecule has 0 radical (unpaired) electrons. The van der Waals surface area contributed by atoms with E-state index in [1.165, 1.54) is 0 Å². The fourth-order valence-electron chi connectivity index (χ4n) is 4.19. The molecule has 1 saturated carbocycles. The monoisotopic (exact) mass is 358 g/mol. The Bertz CT molecular complexity index is 665. The van der Waals surface area contributed by atoms with Crippen LogP contribution < -0.4 is 4.74 Å². The quantitative estimate of drug-likeness (QED) is 0.832. The maximum Gasteiger partial charge on any atom is 0.222 e. The van der Waals surface area contributed by atoms with Crippen molar-refractivity contribution in [3.63, 3.8) is 0 Å². The summed E-state index contributed by atoms with van der Waals surface area (Å²) in [4.78, 5) is 28.2. The maximum absolute atomic E-state index is 12.7. The van der Waals surface area contributed by atoms with Crippen molar-refractivity contribution in [3.8, 4) is 5.75 Å². The molecule has 0 N–H and O–H groups in total. The fraction of sp³-hybridized carbons (Fsp3) is 0.619. The average Bonchev–Trinajstić information content (AvgIpc) is 2.78. The molecule has 5 heteroatoms. The first-order valence-corrected chi connectivity index (χ1v) is 9.72. The second-order valence-corrected chi connectivity index (χ2v) is 7.75. The summed E-state index contributed by atoms with van der Waals surface area (Å²) < 4.78 is 6.54. The first-order valence-electron chi connectivity index (χ1n) is 9.72. The Labute approximate surface area is 156 Å². The van der Waals surface area contributed by atoms with Gasteiger partial charge < -0.3 is 14.5 Å². The summed E-state index contributed by atoms with van der Waals surface area (Å²) in [5.74, 6) is 1.21. The summed E-state index contributed by atoms with van der Waals surface area (Å²) >= 11 is 0. The van der Waals surface area contributed by atoms with Crippen molar-refractivity contribution in [3.05, 3.63) is 29.8 Å². The predicted molar refractivity (Wildman–Crippen MR) is 101 cm³/mol. The molecule has 0 bridgehead atoms. The van der Waals surface area contributed by atoms with Crippen LogP contribution >= 0.6 is 0 Å². The fourth-order valence-corrected chi connectivity index (χ4v) is 4.19. The van der Waals surface area contributed by atoms with Gasteiger partial charge in [-0.1, -0.05) is 25.1 Å². The number of ether oxygens (including phenoxy) is 1. The van der Waals surface area contributed by atoms with E-state index in [2.05, 4.69) is 6.07 Å². The number of amides is 2. The van der Waals surface area contributed by atoms with Crippen molar-refractivity contribution in [2.75, 3.05) is 13.6 Å². The number of hydrogen-bond acceptors (Lipinski definition) is 3. The molecule has 1 aliphatic carbocycles. The van der Waals surface area contributed by atoms with Crippen LogP contribution in [0.1, 0.15) is 57.9 Å². The molecule has 1 fully saturated rings. The third kappa shape index (κ3) is 3.87. The lowest BCUT2D eigenvalue weighted by atomic mass is 9.81. The molecule has 0 aromatic heterocycles. The maximum atomic E-state index is 12.7. The first kappa shape index (κ1) is 18.7. The van der Waals surface area contributed by atoms with Crippen molar-refractivity contribution in [1.29, 1.82) is 0 Å². The average molecular weight is 358 g/mol. The third-order valence-corrected chi connectivity index (χ3v) is 5.87. The first-order chi connectivity index (χ1) is 12.4. The molecule has 1 aromatic carbocycles. The van der Waals surface area contributed by atoms with Crippen molar-refractivity contribution in [2.45, 2.75) is 70.6 Å². The SMILES string of the molecule is CCCC(=O)N1Cc2ccccc2OC2(CCC(N(C)C(C)=O)CC2)C1. The van der Waals surface area contributed by atoms with Gasteiger partial charge in [-0.05, 0) is 38.2 Å². The second kappa shape index (κ2) is 7.68. The lowest BCUT2D eigenvalue weighted by Gasteiger charge is -2.43. The van der Waals surface area contributed by atoms with E-state index in [1.54, 1.807) is 6.92 Å². The smallest absolute Gasteiger partial charge is 0.222 e. The lowest BCUT2D eigenvalue weighted by Crippen LogP contribution is -2.52. The van der Waals surface area contributed by atoms with Crippen LogP contribution in [-0.2, 0) is 16.1 Å². The topological polar surface area (TPSA) is 49.9 Å². The molecule has 2 amide bonds. The summed E-state index contributed by atoms with van der Waals surface area (Å²) in [5.41, 5.74) is 0.737. The summed E-state index contributed by atoms with van der Waals surface area (Å²) in [5, 5.41) is 0. The van der Waals surface area contributed by atoms with E-state index < -0.39 is 0 Å². The van der Waals surface area contributed by atoms with E-state index >= 15 is 0 Å². The van der Waals surface area contributed by atoms with Gasteiger partial charge in [-0.2, -0.15) is 0 Å². The minimum atomic E-state index is -0.343. The van der Waals surface area contributed by atoms with E-state index in [-0.39, 0.29) is 23.5 Å². The Morgan fingerprint density at radius 1 is 1.27 bits per heavy atom. The van der Waals surface area contributed by atoms with Crippen LogP contribution in [-0.4, -0.2) is 46.8 Å². The zero-order valence-electron chi connectivity index (χ0n) is 16.2. The van der Waals surface area contributed by atoms with Crippen molar-refractivity contribution in [2.24, 2.45) is 0 Å². The molecule has 0 saturated heterocycles. The van der Waals surface area contributed by atoms with Gasteiger partial charge >= 0.3 is 0 Å². The minimum absolute atomic E-state index is 0.109. The number of para-hydroxylation sites is 1. The van der Waals surface area contributed by atoms with Gasteiger partial charge in [0.15, 0.2) is 0 Å². The normalized spacial score (nSPS) is 25.2. The Morgan fingerprint density at radius 3 is 2.62 bits per heavy atom. The van der Waals surface area contributed by atoms with Gasteiger partial charge in [0.1, 0.15) is 11.4 Å². The Hall–Kier alpha value is -2.04. The van der Waals surface area contributed by atoms with Crippen LogP contribution in [0, 0.1) is 0 Å². The molecule has 1 heterocycles. The number of benzene rings is 1. The molecule has 5 nitrogen and oxygen atoms in total. The van der Waals surface area contributed by atoms with Crippen LogP contribution in [0.15, 0.2) is 24.3 Å². The second-order valence-electron chi connectivity index (χ2n) is 7.75. The minimum Gasteiger partial charge on any atom is -0.485 e. The highest BCUT2D eigenvalue weighted by Gasteiger charge is 2.43. The Morgan fingerprint density at radius 2 is 1.96 bits per heavy atom. The van der Waals surface area contributed by atoms with Crippen molar-refractivity contribution < 1.29 is 14.3 Å². The zero-order chi connectivity index (χ0) is 18.7. The summed E-state index contributed by atoms with van der Waals surface area (Å²) in [6.45, 7) is 4.91. The van der Waals surface area contributed by atoms with Crippen molar-refractivity contribution in [1.82, 2.24) is 9.80 Å². The van der Waals surface area contributed by atoms with Crippen molar-refractivity contribution >= 4 is 11.8 Å². The van der Waals surface area contributed by atoms with Crippen LogP contribution in [0.3, 0.4) is 0 Å². The Kier molecular flexibility index (Phi) is 5.54. The number of hydrogen-bond donors (Lipinski definition) is 0. The van der Waals surface area contributed by atoms with Gasteiger partial charge in [-0.3, -0.25) is 9.59 Å². The molecule has 0 atom stereocenters. The van der Waals surface area contributed by atoms with Gasteiger partial charge in [-0.25, -0.2) is 0 Å². The molecule has 142 valence electrons. The van der Waals surface area contributed by atoms with Gasteiger partial charge in [0.05, 0.1) is 6.54 Å². The molecule has 2 aliphatic rings. The third-order valence-electron chi connectivity index (χ3n) is 5.87. The molecule has 0 unspecified atom stereocenters. The van der Waals surface area contributed by atoms with Crippen LogP contribution in [0.25, 0.3) is 0 Å². The molecule has 1 spiro atoms. The van der Waals surface area contributed by atoms with Gasteiger partial charge in [-0.15, -0.1) is 0 Å². The summed E-state index contributed by atoms with van der Waals surface area (Å²) in [6.07, 6.45) is 4.98. The Balaban J connectivity index is 1.82.